The number of benzene rings is 1. The molecule has 1 aromatic heterocycles. The van der Waals surface area contributed by atoms with Gasteiger partial charge in [-0.15, -0.1) is 0 Å². The maximum absolute atomic E-state index is 8.87. The predicted molar refractivity (Wildman–Crippen MR) is 69.0 cm³/mol. The Morgan fingerprint density at radius 1 is 1.28 bits per heavy atom. The number of anilines is 3. The number of hydrogen-bond donors (Lipinski definition) is 3. The van der Waals surface area contributed by atoms with Crippen molar-refractivity contribution in [2.24, 2.45) is 5.84 Å². The highest BCUT2D eigenvalue weighted by Crippen LogP contribution is 2.20. The molecule has 0 saturated heterocycles. The Kier molecular flexibility index (Phi) is 3.36. The number of nitrogens with zero attached hydrogens (tertiary/aromatic N) is 3. The number of hydrazine groups is 1. The van der Waals surface area contributed by atoms with E-state index >= 15 is 0 Å². The van der Waals surface area contributed by atoms with Gasteiger partial charge < -0.3 is 10.7 Å². The lowest BCUT2D eigenvalue weighted by atomic mass is 10.1. The van der Waals surface area contributed by atoms with Gasteiger partial charge in [-0.05, 0) is 24.6 Å². The largest absolute Gasteiger partial charge is 0.339 e. The predicted octanol–water partition coefficient (Wildman–Crippen LogP) is 1.69. The van der Waals surface area contributed by atoms with Gasteiger partial charge in [-0.25, -0.2) is 10.8 Å². The van der Waals surface area contributed by atoms with Gasteiger partial charge in [0.15, 0.2) is 11.6 Å². The molecule has 0 unspecified atom stereocenters. The van der Waals surface area contributed by atoms with Crippen molar-refractivity contribution in [2.75, 3.05) is 10.7 Å². The van der Waals surface area contributed by atoms with Crippen LogP contribution in [0.4, 0.5) is 17.3 Å². The second-order valence-corrected chi connectivity index (χ2v) is 3.70. The summed E-state index contributed by atoms with van der Waals surface area (Å²) < 4.78 is 0. The molecule has 0 aliphatic heterocycles. The number of nitrogen functional groups attached to an aromatic ring is 1. The van der Waals surface area contributed by atoms with Crippen LogP contribution in [0.2, 0.25) is 0 Å². The summed E-state index contributed by atoms with van der Waals surface area (Å²) in [6.45, 7) is 1.95. The minimum atomic E-state index is 0.467. The molecule has 1 aromatic carbocycles. The highest BCUT2D eigenvalue weighted by atomic mass is 15.3. The van der Waals surface area contributed by atoms with Gasteiger partial charge in [0.05, 0.1) is 24.0 Å². The Bertz CT molecular complexity index is 602. The van der Waals surface area contributed by atoms with Crippen LogP contribution in [0.25, 0.3) is 0 Å². The van der Waals surface area contributed by atoms with Crippen LogP contribution in [0, 0.1) is 18.3 Å². The van der Waals surface area contributed by atoms with Crippen molar-refractivity contribution in [1.82, 2.24) is 9.97 Å². The summed E-state index contributed by atoms with van der Waals surface area (Å²) in [5, 5.41) is 12.0. The lowest BCUT2D eigenvalue weighted by Crippen LogP contribution is -2.09. The molecule has 90 valence electrons. The van der Waals surface area contributed by atoms with E-state index in [2.05, 4.69) is 26.8 Å². The standard InChI is InChI=1S/C12H12N6/c1-8-2-3-9(5-13)4-10(8)16-11-6-15-7-12(17-11)18-14/h2-4,6-7H,14H2,1H3,(H2,16,17,18). The van der Waals surface area contributed by atoms with E-state index in [0.29, 0.717) is 17.2 Å². The van der Waals surface area contributed by atoms with E-state index in [-0.39, 0.29) is 0 Å². The highest BCUT2D eigenvalue weighted by Gasteiger charge is 2.03. The SMILES string of the molecule is Cc1ccc(C#N)cc1Nc1cncc(NN)n1. The molecule has 18 heavy (non-hydrogen) atoms. The normalized spacial score (nSPS) is 9.61. The molecule has 0 atom stereocenters. The fourth-order valence-electron chi connectivity index (χ4n) is 1.46. The molecular weight excluding hydrogens is 228 g/mol. The van der Waals surface area contributed by atoms with E-state index in [0.717, 1.165) is 11.3 Å². The fourth-order valence-corrected chi connectivity index (χ4v) is 1.46. The van der Waals surface area contributed by atoms with Crippen LogP contribution in [0.5, 0.6) is 0 Å². The summed E-state index contributed by atoms with van der Waals surface area (Å²) in [5.74, 6) is 6.29. The summed E-state index contributed by atoms with van der Waals surface area (Å²) >= 11 is 0. The second-order valence-electron chi connectivity index (χ2n) is 3.70. The Morgan fingerprint density at radius 3 is 2.78 bits per heavy atom. The molecule has 0 spiro atoms. The zero-order valence-corrected chi connectivity index (χ0v) is 9.81. The molecule has 0 amide bonds. The van der Waals surface area contributed by atoms with Crippen molar-refractivity contribution in [1.29, 1.82) is 5.26 Å². The van der Waals surface area contributed by atoms with E-state index in [9.17, 15) is 0 Å². The summed E-state index contributed by atoms with van der Waals surface area (Å²) in [4.78, 5) is 8.18. The molecule has 0 aliphatic rings. The molecule has 6 heteroatoms. The van der Waals surface area contributed by atoms with Gasteiger partial charge in [0.2, 0.25) is 0 Å². The fraction of sp³-hybridized carbons (Fsp3) is 0.0833. The van der Waals surface area contributed by atoms with Crippen molar-refractivity contribution >= 4 is 17.3 Å². The van der Waals surface area contributed by atoms with Gasteiger partial charge in [-0.2, -0.15) is 5.26 Å². The van der Waals surface area contributed by atoms with E-state index in [1.54, 1.807) is 18.3 Å². The lowest BCUT2D eigenvalue weighted by molar-refractivity contribution is 1.15. The van der Waals surface area contributed by atoms with E-state index in [1.807, 2.05) is 13.0 Å². The molecule has 1 heterocycles. The van der Waals surface area contributed by atoms with Crippen LogP contribution in [-0.2, 0) is 0 Å². The third-order valence-corrected chi connectivity index (χ3v) is 2.41. The van der Waals surface area contributed by atoms with Crippen molar-refractivity contribution in [2.45, 2.75) is 6.92 Å². The molecule has 0 fully saturated rings. The third kappa shape index (κ3) is 2.53. The van der Waals surface area contributed by atoms with Crippen molar-refractivity contribution in [3.63, 3.8) is 0 Å². The van der Waals surface area contributed by atoms with Crippen LogP contribution in [0.3, 0.4) is 0 Å². The quantitative estimate of drug-likeness (QED) is 0.557. The first-order valence-corrected chi connectivity index (χ1v) is 5.29. The minimum absolute atomic E-state index is 0.467. The molecule has 6 nitrogen and oxygen atoms in total. The molecule has 0 aliphatic carbocycles. The number of aryl methyl sites for hydroxylation is 1. The van der Waals surface area contributed by atoms with Crippen LogP contribution in [-0.4, -0.2) is 9.97 Å². The highest BCUT2D eigenvalue weighted by molar-refractivity contribution is 5.62. The summed E-state index contributed by atoms with van der Waals surface area (Å²) in [5.41, 5.74) is 4.84. The number of hydrogen-bond acceptors (Lipinski definition) is 6. The summed E-state index contributed by atoms with van der Waals surface area (Å²) in [7, 11) is 0. The first kappa shape index (κ1) is 11.8. The number of nitrogens with two attached hydrogens (primary N) is 1. The molecule has 0 saturated carbocycles. The van der Waals surface area contributed by atoms with Crippen molar-refractivity contribution in [3.05, 3.63) is 41.7 Å². The molecule has 2 rings (SSSR count). The molecular formula is C12H12N6. The van der Waals surface area contributed by atoms with Crippen LogP contribution in [0.15, 0.2) is 30.6 Å². The Morgan fingerprint density at radius 2 is 2.06 bits per heavy atom. The van der Waals surface area contributed by atoms with Crippen molar-refractivity contribution in [3.8, 4) is 6.07 Å². The Labute approximate surface area is 104 Å². The lowest BCUT2D eigenvalue weighted by Gasteiger charge is -2.09. The Balaban J connectivity index is 2.30. The van der Waals surface area contributed by atoms with Gasteiger partial charge in [-0.1, -0.05) is 6.07 Å². The molecule has 4 N–H and O–H groups in total. The van der Waals surface area contributed by atoms with Gasteiger partial charge in [0.1, 0.15) is 0 Å². The summed E-state index contributed by atoms with van der Waals surface area (Å²) in [6.07, 6.45) is 3.10. The summed E-state index contributed by atoms with van der Waals surface area (Å²) in [6, 6.07) is 7.50. The monoisotopic (exact) mass is 240 g/mol. The van der Waals surface area contributed by atoms with E-state index in [1.165, 1.54) is 6.20 Å². The van der Waals surface area contributed by atoms with Gasteiger partial charge in [-0.3, -0.25) is 4.98 Å². The number of nitriles is 1. The minimum Gasteiger partial charge on any atom is -0.339 e. The van der Waals surface area contributed by atoms with Gasteiger partial charge >= 0.3 is 0 Å². The average Bonchev–Trinajstić information content (AvgIpc) is 2.41. The number of nitrogens with one attached hydrogen (secondary N) is 2. The topological polar surface area (TPSA) is 99.7 Å². The van der Waals surface area contributed by atoms with E-state index < -0.39 is 0 Å². The maximum atomic E-state index is 8.87. The second kappa shape index (κ2) is 5.12. The molecule has 0 bridgehead atoms. The van der Waals surface area contributed by atoms with Crippen LogP contribution < -0.4 is 16.6 Å². The van der Waals surface area contributed by atoms with Crippen molar-refractivity contribution < 1.29 is 0 Å². The Hall–Kier alpha value is -2.65. The molecule has 0 radical (unpaired) electrons. The molecule has 2 aromatic rings. The first-order chi connectivity index (χ1) is 8.72. The van der Waals surface area contributed by atoms with Crippen LogP contribution in [0.1, 0.15) is 11.1 Å². The zero-order valence-electron chi connectivity index (χ0n) is 9.81. The van der Waals surface area contributed by atoms with E-state index in [4.69, 9.17) is 11.1 Å². The van der Waals surface area contributed by atoms with Crippen LogP contribution >= 0.6 is 0 Å². The zero-order chi connectivity index (χ0) is 13.0. The van der Waals surface area contributed by atoms with Gasteiger partial charge in [0, 0.05) is 5.69 Å². The average molecular weight is 240 g/mol. The maximum Gasteiger partial charge on any atom is 0.160 e. The third-order valence-electron chi connectivity index (χ3n) is 2.41. The number of aromatic nitrogens is 2. The first-order valence-electron chi connectivity index (χ1n) is 5.29. The number of rotatable bonds is 3. The smallest absolute Gasteiger partial charge is 0.160 e. The van der Waals surface area contributed by atoms with Gasteiger partial charge in [0.25, 0.3) is 0 Å².